The van der Waals surface area contributed by atoms with Gasteiger partial charge in [0.25, 0.3) is 0 Å². The van der Waals surface area contributed by atoms with Crippen LogP contribution in [0, 0.1) is 0 Å². The van der Waals surface area contributed by atoms with Gasteiger partial charge in [-0.15, -0.1) is 0 Å². The Labute approximate surface area is 108 Å². The van der Waals surface area contributed by atoms with Crippen LogP contribution >= 0.6 is 0 Å². The number of carbonyl (C=O) groups excluding carboxylic acids is 1. The van der Waals surface area contributed by atoms with E-state index in [1.54, 1.807) is 0 Å². The predicted molar refractivity (Wildman–Crippen MR) is 70.9 cm³/mol. The van der Waals surface area contributed by atoms with Crippen LogP contribution < -0.4 is 5.32 Å². The first-order valence-electron chi connectivity index (χ1n) is 6.48. The van der Waals surface area contributed by atoms with Crippen LogP contribution in [-0.4, -0.2) is 19.1 Å². The van der Waals surface area contributed by atoms with Gasteiger partial charge in [0.2, 0.25) is 5.91 Å². The summed E-state index contributed by atoms with van der Waals surface area (Å²) in [6.07, 6.45) is 0.791. The first-order chi connectivity index (χ1) is 8.43. The summed E-state index contributed by atoms with van der Waals surface area (Å²) in [5, 5.41) is 2.99. The summed E-state index contributed by atoms with van der Waals surface area (Å²) >= 11 is 0. The molecule has 1 aromatic rings. The standard InChI is InChI=1S/C15H19NO2/c1-14(2,3)10-4-5-12-11(8-10)15(13(17)16-12)6-7-18-9-15/h4-5,8H,6-7,9H2,1-3H3,(H,16,17). The van der Waals surface area contributed by atoms with Crippen LogP contribution in [0.3, 0.4) is 0 Å². The summed E-state index contributed by atoms with van der Waals surface area (Å²) in [5.41, 5.74) is 3.01. The van der Waals surface area contributed by atoms with Gasteiger partial charge >= 0.3 is 0 Å². The Morgan fingerprint density at radius 3 is 2.72 bits per heavy atom. The number of benzene rings is 1. The smallest absolute Gasteiger partial charge is 0.237 e. The van der Waals surface area contributed by atoms with E-state index in [-0.39, 0.29) is 11.3 Å². The average molecular weight is 245 g/mol. The van der Waals surface area contributed by atoms with Crippen molar-refractivity contribution >= 4 is 11.6 Å². The Morgan fingerprint density at radius 2 is 2.11 bits per heavy atom. The van der Waals surface area contributed by atoms with E-state index in [1.165, 1.54) is 5.56 Å². The van der Waals surface area contributed by atoms with E-state index >= 15 is 0 Å². The zero-order valence-corrected chi connectivity index (χ0v) is 11.2. The van der Waals surface area contributed by atoms with Crippen LogP contribution in [0.2, 0.25) is 0 Å². The fourth-order valence-corrected chi connectivity index (χ4v) is 2.84. The monoisotopic (exact) mass is 245 g/mol. The molecular formula is C15H19NO2. The predicted octanol–water partition coefficient (Wildman–Crippen LogP) is 2.59. The third kappa shape index (κ3) is 1.50. The van der Waals surface area contributed by atoms with Crippen LogP contribution in [0.4, 0.5) is 5.69 Å². The number of hydrogen-bond donors (Lipinski definition) is 1. The second kappa shape index (κ2) is 3.58. The number of rotatable bonds is 0. The first-order valence-corrected chi connectivity index (χ1v) is 6.48. The molecule has 0 aromatic heterocycles. The Hall–Kier alpha value is -1.35. The molecule has 2 heterocycles. The highest BCUT2D eigenvalue weighted by Crippen LogP contribution is 2.44. The lowest BCUT2D eigenvalue weighted by Gasteiger charge is -2.23. The third-order valence-corrected chi connectivity index (χ3v) is 4.11. The Bertz CT molecular complexity index is 508. The van der Waals surface area contributed by atoms with Crippen molar-refractivity contribution in [1.82, 2.24) is 0 Å². The number of ether oxygens (including phenoxy) is 1. The van der Waals surface area contributed by atoms with Gasteiger partial charge in [-0.25, -0.2) is 0 Å². The van der Waals surface area contributed by atoms with Crippen molar-refractivity contribution in [2.24, 2.45) is 0 Å². The zero-order valence-electron chi connectivity index (χ0n) is 11.2. The van der Waals surface area contributed by atoms with Crippen molar-refractivity contribution < 1.29 is 9.53 Å². The summed E-state index contributed by atoms with van der Waals surface area (Å²) in [5.74, 6) is 0.0982. The summed E-state index contributed by atoms with van der Waals surface area (Å²) < 4.78 is 5.47. The summed E-state index contributed by atoms with van der Waals surface area (Å²) in [6.45, 7) is 7.76. The second-order valence-corrected chi connectivity index (χ2v) is 6.35. The molecule has 1 unspecified atom stereocenters. The molecule has 2 aliphatic rings. The largest absolute Gasteiger partial charge is 0.380 e. The van der Waals surface area contributed by atoms with Crippen LogP contribution in [0.5, 0.6) is 0 Å². The fraction of sp³-hybridized carbons (Fsp3) is 0.533. The van der Waals surface area contributed by atoms with Crippen molar-refractivity contribution in [3.63, 3.8) is 0 Å². The maximum absolute atomic E-state index is 12.2. The van der Waals surface area contributed by atoms with Crippen LogP contribution in [0.15, 0.2) is 18.2 Å². The number of nitrogens with one attached hydrogen (secondary N) is 1. The molecule has 0 bridgehead atoms. The molecule has 1 aromatic carbocycles. The van der Waals surface area contributed by atoms with E-state index in [1.807, 2.05) is 6.07 Å². The van der Waals surface area contributed by atoms with Crippen molar-refractivity contribution in [3.05, 3.63) is 29.3 Å². The SMILES string of the molecule is CC(C)(C)c1ccc2c(c1)C1(CCOC1)C(=O)N2. The lowest BCUT2D eigenvalue weighted by molar-refractivity contribution is -0.120. The molecule has 0 saturated carbocycles. The molecule has 2 aliphatic heterocycles. The van der Waals surface area contributed by atoms with Crippen molar-refractivity contribution in [3.8, 4) is 0 Å². The van der Waals surface area contributed by atoms with Gasteiger partial charge in [0.15, 0.2) is 0 Å². The molecule has 1 spiro atoms. The van der Waals surface area contributed by atoms with Crippen LogP contribution in [-0.2, 0) is 20.4 Å². The number of carbonyl (C=O) groups is 1. The topological polar surface area (TPSA) is 38.3 Å². The van der Waals surface area contributed by atoms with Gasteiger partial charge in [0.1, 0.15) is 5.41 Å². The minimum atomic E-state index is -0.434. The van der Waals surface area contributed by atoms with Gasteiger partial charge in [-0.1, -0.05) is 32.9 Å². The number of anilines is 1. The lowest BCUT2D eigenvalue weighted by Crippen LogP contribution is -2.34. The van der Waals surface area contributed by atoms with Gasteiger partial charge in [-0.3, -0.25) is 4.79 Å². The quantitative estimate of drug-likeness (QED) is 0.763. The van der Waals surface area contributed by atoms with Crippen molar-refractivity contribution in [2.75, 3.05) is 18.5 Å². The molecular weight excluding hydrogens is 226 g/mol. The molecule has 1 atom stereocenters. The highest BCUT2D eigenvalue weighted by molar-refractivity contribution is 6.06. The molecule has 3 rings (SSSR count). The van der Waals surface area contributed by atoms with Gasteiger partial charge in [0, 0.05) is 12.3 Å². The lowest BCUT2D eigenvalue weighted by atomic mass is 9.78. The maximum Gasteiger partial charge on any atom is 0.237 e. The molecule has 0 aliphatic carbocycles. The van der Waals surface area contributed by atoms with E-state index in [9.17, 15) is 4.79 Å². The van der Waals surface area contributed by atoms with Gasteiger partial charge in [0.05, 0.1) is 6.61 Å². The number of amides is 1. The van der Waals surface area contributed by atoms with E-state index < -0.39 is 5.41 Å². The molecule has 1 saturated heterocycles. The molecule has 1 N–H and O–H groups in total. The fourth-order valence-electron chi connectivity index (χ4n) is 2.84. The molecule has 3 heteroatoms. The van der Waals surface area contributed by atoms with Crippen molar-refractivity contribution in [2.45, 2.75) is 38.0 Å². The third-order valence-electron chi connectivity index (χ3n) is 4.11. The van der Waals surface area contributed by atoms with Gasteiger partial charge < -0.3 is 10.1 Å². The second-order valence-electron chi connectivity index (χ2n) is 6.35. The van der Waals surface area contributed by atoms with E-state index in [4.69, 9.17) is 4.74 Å². The summed E-state index contributed by atoms with van der Waals surface area (Å²) in [7, 11) is 0. The minimum Gasteiger partial charge on any atom is -0.380 e. The normalized spacial score (nSPS) is 26.5. The molecule has 0 radical (unpaired) electrons. The zero-order chi connectivity index (χ0) is 13.0. The van der Waals surface area contributed by atoms with Gasteiger partial charge in [-0.05, 0) is 29.0 Å². The average Bonchev–Trinajstić information content (AvgIpc) is 2.87. The first kappa shape index (κ1) is 11.7. The summed E-state index contributed by atoms with van der Waals surface area (Å²) in [6, 6.07) is 6.32. The summed E-state index contributed by atoms with van der Waals surface area (Å²) in [4.78, 5) is 12.2. The number of fused-ring (bicyclic) bond motifs is 2. The Kier molecular flexibility index (Phi) is 2.33. The van der Waals surface area contributed by atoms with E-state index in [2.05, 4.69) is 38.2 Å². The van der Waals surface area contributed by atoms with Crippen LogP contribution in [0.1, 0.15) is 38.3 Å². The van der Waals surface area contributed by atoms with E-state index in [0.29, 0.717) is 13.2 Å². The van der Waals surface area contributed by atoms with E-state index in [0.717, 1.165) is 17.7 Å². The Balaban J connectivity index is 2.14. The maximum atomic E-state index is 12.2. The van der Waals surface area contributed by atoms with Crippen molar-refractivity contribution in [1.29, 1.82) is 0 Å². The Morgan fingerprint density at radius 1 is 1.33 bits per heavy atom. The van der Waals surface area contributed by atoms with Gasteiger partial charge in [-0.2, -0.15) is 0 Å². The molecule has 1 fully saturated rings. The highest BCUT2D eigenvalue weighted by Gasteiger charge is 2.49. The molecule has 3 nitrogen and oxygen atoms in total. The number of hydrogen-bond acceptors (Lipinski definition) is 2. The molecule has 18 heavy (non-hydrogen) atoms. The highest BCUT2D eigenvalue weighted by atomic mass is 16.5. The minimum absolute atomic E-state index is 0.0982. The van der Waals surface area contributed by atoms with Crippen LogP contribution in [0.25, 0.3) is 0 Å². The molecule has 1 amide bonds. The molecule has 96 valence electrons.